The maximum atomic E-state index is 6.76. The second kappa shape index (κ2) is 13.4. The number of anilines is 3. The van der Waals surface area contributed by atoms with Crippen LogP contribution in [0.4, 0.5) is 17.1 Å². The van der Waals surface area contributed by atoms with E-state index >= 15 is 0 Å². The van der Waals surface area contributed by atoms with Crippen molar-refractivity contribution < 1.29 is 4.42 Å². The highest BCUT2D eigenvalue weighted by molar-refractivity contribution is 6.18. The molecule has 0 unspecified atom stereocenters. The minimum atomic E-state index is 0.872. The number of hydrogen-bond acceptors (Lipinski definition) is 2. The van der Waals surface area contributed by atoms with E-state index in [-0.39, 0.29) is 0 Å². The lowest BCUT2D eigenvalue weighted by Crippen LogP contribution is -2.10. The van der Waals surface area contributed by atoms with Gasteiger partial charge in [0.25, 0.3) is 0 Å². The molecule has 0 fully saturated rings. The number of nitrogens with zero attached hydrogens (tertiary/aromatic N) is 2. The molecule has 0 saturated heterocycles. The largest absolute Gasteiger partial charge is 0.455 e. The van der Waals surface area contributed by atoms with Crippen LogP contribution in [0.25, 0.3) is 93.2 Å². The van der Waals surface area contributed by atoms with E-state index in [4.69, 9.17) is 4.42 Å². The van der Waals surface area contributed by atoms with Crippen LogP contribution in [0.15, 0.2) is 223 Å². The van der Waals surface area contributed by atoms with E-state index in [1.54, 1.807) is 0 Å². The van der Waals surface area contributed by atoms with E-state index in [2.05, 4.69) is 222 Å². The number of hydrogen-bond donors (Lipinski definition) is 0. The van der Waals surface area contributed by atoms with Crippen LogP contribution in [0.1, 0.15) is 0 Å². The van der Waals surface area contributed by atoms with Gasteiger partial charge in [-0.15, -0.1) is 0 Å². The van der Waals surface area contributed by atoms with Crippen molar-refractivity contribution >= 4 is 82.4 Å². The van der Waals surface area contributed by atoms with Gasteiger partial charge in [-0.25, -0.2) is 0 Å². The third-order valence-corrected chi connectivity index (χ3v) is 12.0. The predicted molar refractivity (Wildman–Crippen MR) is 249 cm³/mol. The van der Waals surface area contributed by atoms with Gasteiger partial charge in [0, 0.05) is 38.8 Å². The maximum absolute atomic E-state index is 6.76. The van der Waals surface area contributed by atoms with Gasteiger partial charge in [-0.1, -0.05) is 146 Å². The summed E-state index contributed by atoms with van der Waals surface area (Å²) in [6.45, 7) is 0. The Labute approximate surface area is 341 Å². The summed E-state index contributed by atoms with van der Waals surface area (Å²) in [5.41, 5.74) is 13.1. The van der Waals surface area contributed by atoms with Crippen LogP contribution >= 0.6 is 0 Å². The van der Waals surface area contributed by atoms with Gasteiger partial charge in [0.1, 0.15) is 11.2 Å². The molecule has 12 aromatic rings. The summed E-state index contributed by atoms with van der Waals surface area (Å²) >= 11 is 0. The van der Waals surface area contributed by atoms with Crippen LogP contribution in [-0.4, -0.2) is 4.57 Å². The second-order valence-electron chi connectivity index (χ2n) is 15.3. The highest BCUT2D eigenvalue weighted by Gasteiger charge is 2.23. The fourth-order valence-electron chi connectivity index (χ4n) is 9.22. The van der Waals surface area contributed by atoms with E-state index in [0.29, 0.717) is 0 Å². The second-order valence-corrected chi connectivity index (χ2v) is 15.3. The summed E-state index contributed by atoms with van der Waals surface area (Å²) in [5.74, 6) is 0. The molecule has 0 saturated carbocycles. The van der Waals surface area contributed by atoms with Gasteiger partial charge in [-0.05, 0) is 111 Å². The summed E-state index contributed by atoms with van der Waals surface area (Å²) in [6.07, 6.45) is 0. The lowest BCUT2D eigenvalue weighted by molar-refractivity contribution is 0.670. The molecule has 0 N–H and O–H groups in total. The third-order valence-electron chi connectivity index (χ3n) is 12.0. The molecule has 3 heteroatoms. The lowest BCUT2D eigenvalue weighted by atomic mass is 9.98. The molecule has 0 aliphatic heterocycles. The Balaban J connectivity index is 1.04. The number of benzene rings is 10. The van der Waals surface area contributed by atoms with E-state index in [0.717, 1.165) is 61.4 Å². The zero-order chi connectivity index (χ0) is 38.9. The number of furan rings is 1. The summed E-state index contributed by atoms with van der Waals surface area (Å²) in [7, 11) is 0. The average molecular weight is 753 g/mol. The topological polar surface area (TPSA) is 21.3 Å². The minimum Gasteiger partial charge on any atom is -0.455 e. The first kappa shape index (κ1) is 33.3. The van der Waals surface area contributed by atoms with Gasteiger partial charge in [0.15, 0.2) is 0 Å². The first-order valence-electron chi connectivity index (χ1n) is 20.2. The molecule has 0 bridgehead atoms. The Morgan fingerprint density at radius 2 is 1.02 bits per heavy atom. The molecule has 10 aromatic carbocycles. The van der Waals surface area contributed by atoms with Gasteiger partial charge < -0.3 is 13.9 Å². The Hall–Kier alpha value is -7.88. The molecule has 0 radical (unpaired) electrons. The maximum Gasteiger partial charge on any atom is 0.145 e. The standard InChI is InChI=1S/C56H36N2O/c1-3-13-38(14-4-1)47-32-34-53(55-49-20-10-12-22-54(49)59-56(47)55)57(44-30-31-46-41(35-44)24-23-39-15-7-8-18-45(39)46)43-28-25-37(26-29-43)40-27-33-52-50(36-40)48-19-9-11-21-51(48)58(52)42-16-5-2-6-17-42/h1-36H. The molecule has 2 aromatic heterocycles. The van der Waals surface area contributed by atoms with Crippen LogP contribution in [0.3, 0.4) is 0 Å². The monoisotopic (exact) mass is 752 g/mol. The Morgan fingerprint density at radius 3 is 1.86 bits per heavy atom. The molecule has 276 valence electrons. The Morgan fingerprint density at radius 1 is 0.373 bits per heavy atom. The number of fused-ring (bicyclic) bond motifs is 9. The zero-order valence-corrected chi connectivity index (χ0v) is 32.1. The van der Waals surface area contributed by atoms with Crippen molar-refractivity contribution in [3.05, 3.63) is 218 Å². The first-order chi connectivity index (χ1) is 29.3. The molecule has 12 rings (SSSR count). The van der Waals surface area contributed by atoms with Crippen molar-refractivity contribution in [3.8, 4) is 27.9 Å². The lowest BCUT2D eigenvalue weighted by Gasteiger charge is -2.27. The van der Waals surface area contributed by atoms with E-state index < -0.39 is 0 Å². The van der Waals surface area contributed by atoms with Crippen molar-refractivity contribution in [2.24, 2.45) is 0 Å². The quantitative estimate of drug-likeness (QED) is 0.158. The highest BCUT2D eigenvalue weighted by atomic mass is 16.3. The van der Waals surface area contributed by atoms with Crippen LogP contribution in [0.2, 0.25) is 0 Å². The molecular weight excluding hydrogens is 717 g/mol. The number of para-hydroxylation sites is 3. The SMILES string of the molecule is c1ccc(-c2ccc(N(c3ccc(-c4ccc5c(c4)c4ccccc4n5-c4ccccc4)cc3)c3ccc4c(ccc5ccccc54)c3)c3c2oc2ccccc23)cc1. The van der Waals surface area contributed by atoms with Crippen molar-refractivity contribution in [2.45, 2.75) is 0 Å². The van der Waals surface area contributed by atoms with Crippen molar-refractivity contribution in [1.82, 2.24) is 4.57 Å². The van der Waals surface area contributed by atoms with Crippen molar-refractivity contribution in [1.29, 1.82) is 0 Å². The molecule has 3 nitrogen and oxygen atoms in total. The van der Waals surface area contributed by atoms with Crippen molar-refractivity contribution in [2.75, 3.05) is 4.90 Å². The number of rotatable bonds is 6. The molecule has 2 heterocycles. The van der Waals surface area contributed by atoms with E-state index in [1.807, 2.05) is 6.07 Å². The molecule has 0 aliphatic rings. The van der Waals surface area contributed by atoms with E-state index in [1.165, 1.54) is 48.9 Å². The molecular formula is C56H36N2O. The summed E-state index contributed by atoms with van der Waals surface area (Å²) in [5, 5.41) is 9.60. The molecule has 0 atom stereocenters. The van der Waals surface area contributed by atoms with Gasteiger partial charge in [-0.3, -0.25) is 0 Å². The fraction of sp³-hybridized carbons (Fsp3) is 0. The van der Waals surface area contributed by atoms with Gasteiger partial charge in [0.2, 0.25) is 0 Å². The normalized spacial score (nSPS) is 11.7. The van der Waals surface area contributed by atoms with Crippen LogP contribution < -0.4 is 4.90 Å². The zero-order valence-electron chi connectivity index (χ0n) is 32.1. The van der Waals surface area contributed by atoms with Crippen molar-refractivity contribution in [3.63, 3.8) is 0 Å². The Kier molecular flexibility index (Phi) is 7.54. The predicted octanol–water partition coefficient (Wildman–Crippen LogP) is 15.8. The summed E-state index contributed by atoms with van der Waals surface area (Å²) < 4.78 is 9.13. The third kappa shape index (κ3) is 5.36. The van der Waals surface area contributed by atoms with Gasteiger partial charge in [-0.2, -0.15) is 0 Å². The fourth-order valence-corrected chi connectivity index (χ4v) is 9.22. The molecule has 0 aliphatic carbocycles. The number of aromatic nitrogens is 1. The molecule has 0 spiro atoms. The van der Waals surface area contributed by atoms with Crippen LogP contribution in [0, 0.1) is 0 Å². The highest BCUT2D eigenvalue weighted by Crippen LogP contribution is 2.47. The summed E-state index contributed by atoms with van der Waals surface area (Å²) in [6, 6.07) is 78.6. The minimum absolute atomic E-state index is 0.872. The molecule has 59 heavy (non-hydrogen) atoms. The summed E-state index contributed by atoms with van der Waals surface area (Å²) in [4.78, 5) is 2.40. The average Bonchev–Trinajstić information content (AvgIpc) is 3.86. The van der Waals surface area contributed by atoms with Gasteiger partial charge in [0.05, 0.1) is 22.1 Å². The Bertz CT molecular complexity index is 3540. The van der Waals surface area contributed by atoms with Crippen LogP contribution in [0.5, 0.6) is 0 Å². The first-order valence-corrected chi connectivity index (χ1v) is 20.2. The molecule has 0 amide bonds. The van der Waals surface area contributed by atoms with Crippen LogP contribution in [-0.2, 0) is 0 Å². The smallest absolute Gasteiger partial charge is 0.145 e. The van der Waals surface area contributed by atoms with Gasteiger partial charge >= 0.3 is 0 Å². The van der Waals surface area contributed by atoms with E-state index in [9.17, 15) is 0 Å².